The summed E-state index contributed by atoms with van der Waals surface area (Å²) in [5.74, 6) is 1.10. The van der Waals surface area contributed by atoms with Gasteiger partial charge in [0.25, 0.3) is 0 Å². The third kappa shape index (κ3) is 4.18. The number of rotatable bonds is 6. The summed E-state index contributed by atoms with van der Waals surface area (Å²) in [6.07, 6.45) is 4.23. The van der Waals surface area contributed by atoms with Gasteiger partial charge in [-0.25, -0.2) is 4.98 Å². The average molecular weight is 277 g/mol. The van der Waals surface area contributed by atoms with Crippen molar-refractivity contribution in [2.24, 2.45) is 0 Å². The van der Waals surface area contributed by atoms with Gasteiger partial charge >= 0.3 is 0 Å². The third-order valence-corrected chi connectivity index (χ3v) is 3.85. The Morgan fingerprint density at radius 2 is 1.95 bits per heavy atom. The molecule has 1 N–H and O–H groups in total. The number of anilines is 1. The monoisotopic (exact) mass is 277 g/mol. The van der Waals surface area contributed by atoms with E-state index in [4.69, 9.17) is 0 Å². The molecule has 1 aromatic heterocycles. The van der Waals surface area contributed by atoms with Gasteiger partial charge in [-0.2, -0.15) is 0 Å². The predicted molar refractivity (Wildman–Crippen MR) is 82.9 cm³/mol. The van der Waals surface area contributed by atoms with Gasteiger partial charge < -0.3 is 10.0 Å². The maximum absolute atomic E-state index is 9.57. The van der Waals surface area contributed by atoms with Crippen molar-refractivity contribution in [1.82, 2.24) is 9.88 Å². The molecule has 0 aromatic carbocycles. The minimum Gasteiger partial charge on any atom is -0.392 e. The molecule has 2 rings (SSSR count). The fourth-order valence-corrected chi connectivity index (χ4v) is 2.68. The molecule has 1 atom stereocenters. The number of hydrogen-bond donors (Lipinski definition) is 1. The highest BCUT2D eigenvalue weighted by atomic mass is 16.3. The summed E-state index contributed by atoms with van der Waals surface area (Å²) in [6.45, 7) is 9.97. The second-order valence-electron chi connectivity index (χ2n) is 6.09. The summed E-state index contributed by atoms with van der Waals surface area (Å²) in [6, 6.07) is 4.71. The maximum atomic E-state index is 9.57. The van der Waals surface area contributed by atoms with Crippen molar-refractivity contribution in [2.75, 3.05) is 24.5 Å². The molecule has 0 saturated carbocycles. The smallest absolute Gasteiger partial charge is 0.128 e. The first kappa shape index (κ1) is 15.3. The molecule has 2 heterocycles. The number of aromatic nitrogens is 1. The highest BCUT2D eigenvalue weighted by Gasteiger charge is 2.15. The van der Waals surface area contributed by atoms with Crippen LogP contribution >= 0.6 is 0 Å². The Hall–Kier alpha value is -1.13. The molecule has 1 aliphatic heterocycles. The van der Waals surface area contributed by atoms with Crippen LogP contribution in [0.5, 0.6) is 0 Å². The standard InChI is InChI=1S/C16H27N3O/c1-13(2)19(11-14(3)20)12-15-6-7-16(17-10-15)18-8-4-5-9-18/h6-7,10,13-14,20H,4-5,8-9,11-12H2,1-3H3. The summed E-state index contributed by atoms with van der Waals surface area (Å²) in [5.41, 5.74) is 1.21. The van der Waals surface area contributed by atoms with Crippen molar-refractivity contribution in [3.05, 3.63) is 23.9 Å². The second kappa shape index (κ2) is 7.04. The third-order valence-electron chi connectivity index (χ3n) is 3.85. The van der Waals surface area contributed by atoms with Gasteiger partial charge in [0, 0.05) is 38.4 Å². The van der Waals surface area contributed by atoms with Crippen molar-refractivity contribution >= 4 is 5.82 Å². The highest BCUT2D eigenvalue weighted by Crippen LogP contribution is 2.18. The fraction of sp³-hybridized carbons (Fsp3) is 0.688. The Morgan fingerprint density at radius 3 is 2.45 bits per heavy atom. The molecule has 4 nitrogen and oxygen atoms in total. The molecule has 1 aromatic rings. The number of pyridine rings is 1. The van der Waals surface area contributed by atoms with Crippen LogP contribution < -0.4 is 4.90 Å². The van der Waals surface area contributed by atoms with Crippen LogP contribution in [0.15, 0.2) is 18.3 Å². The molecule has 0 amide bonds. The molecule has 1 fully saturated rings. The normalized spacial score (nSPS) is 17.2. The lowest BCUT2D eigenvalue weighted by Gasteiger charge is -2.27. The van der Waals surface area contributed by atoms with Crippen LogP contribution in [0.3, 0.4) is 0 Å². The van der Waals surface area contributed by atoms with Crippen LogP contribution in [0.25, 0.3) is 0 Å². The minimum atomic E-state index is -0.297. The van der Waals surface area contributed by atoms with Gasteiger partial charge in [0.1, 0.15) is 5.82 Å². The van der Waals surface area contributed by atoms with Crippen molar-refractivity contribution in [1.29, 1.82) is 0 Å². The molecule has 4 heteroatoms. The van der Waals surface area contributed by atoms with Crippen LogP contribution in [0.4, 0.5) is 5.82 Å². The first-order valence-electron chi connectivity index (χ1n) is 7.68. The molecule has 20 heavy (non-hydrogen) atoms. The quantitative estimate of drug-likeness (QED) is 0.866. The first-order chi connectivity index (χ1) is 9.56. The average Bonchev–Trinajstić information content (AvgIpc) is 2.92. The Labute approximate surface area is 122 Å². The van der Waals surface area contributed by atoms with E-state index in [1.54, 1.807) is 0 Å². The van der Waals surface area contributed by atoms with Crippen molar-refractivity contribution in [3.63, 3.8) is 0 Å². The zero-order valence-corrected chi connectivity index (χ0v) is 12.9. The number of aliphatic hydroxyl groups is 1. The van der Waals surface area contributed by atoms with E-state index < -0.39 is 0 Å². The first-order valence-corrected chi connectivity index (χ1v) is 7.68. The van der Waals surface area contributed by atoms with E-state index in [0.717, 1.165) is 25.5 Å². The summed E-state index contributed by atoms with van der Waals surface area (Å²) < 4.78 is 0. The summed E-state index contributed by atoms with van der Waals surface area (Å²) in [7, 11) is 0. The largest absolute Gasteiger partial charge is 0.392 e. The highest BCUT2D eigenvalue weighted by molar-refractivity contribution is 5.40. The molecular weight excluding hydrogens is 250 g/mol. The zero-order valence-electron chi connectivity index (χ0n) is 12.9. The fourth-order valence-electron chi connectivity index (χ4n) is 2.68. The van der Waals surface area contributed by atoms with Crippen molar-refractivity contribution in [2.45, 2.75) is 52.3 Å². The Morgan fingerprint density at radius 1 is 1.25 bits per heavy atom. The van der Waals surface area contributed by atoms with E-state index in [0.29, 0.717) is 12.6 Å². The van der Waals surface area contributed by atoms with Crippen molar-refractivity contribution in [3.8, 4) is 0 Å². The lowest BCUT2D eigenvalue weighted by molar-refractivity contribution is 0.103. The molecule has 1 aliphatic rings. The molecule has 1 saturated heterocycles. The van der Waals surface area contributed by atoms with E-state index in [1.807, 2.05) is 13.1 Å². The minimum absolute atomic E-state index is 0.297. The van der Waals surface area contributed by atoms with Crippen LogP contribution in [0.2, 0.25) is 0 Å². The lowest BCUT2D eigenvalue weighted by atomic mass is 10.2. The van der Waals surface area contributed by atoms with Gasteiger partial charge in [0.2, 0.25) is 0 Å². The SMILES string of the molecule is CC(O)CN(Cc1ccc(N2CCCC2)nc1)C(C)C. The van der Waals surface area contributed by atoms with Crippen LogP contribution in [-0.2, 0) is 6.54 Å². The van der Waals surface area contributed by atoms with E-state index in [-0.39, 0.29) is 6.10 Å². The predicted octanol–water partition coefficient (Wildman–Crippen LogP) is 2.27. The van der Waals surface area contributed by atoms with Crippen LogP contribution in [0, 0.1) is 0 Å². The van der Waals surface area contributed by atoms with Crippen LogP contribution in [0.1, 0.15) is 39.2 Å². The second-order valence-corrected chi connectivity index (χ2v) is 6.09. The Bertz CT molecular complexity index is 397. The zero-order chi connectivity index (χ0) is 14.5. The lowest BCUT2D eigenvalue weighted by Crippen LogP contribution is -2.36. The van der Waals surface area contributed by atoms with E-state index in [9.17, 15) is 5.11 Å². The van der Waals surface area contributed by atoms with Gasteiger partial charge in [-0.15, -0.1) is 0 Å². The number of hydrogen-bond acceptors (Lipinski definition) is 4. The molecular formula is C16H27N3O. The van der Waals surface area contributed by atoms with Crippen molar-refractivity contribution < 1.29 is 5.11 Å². The summed E-state index contributed by atoms with van der Waals surface area (Å²) in [4.78, 5) is 9.21. The van der Waals surface area contributed by atoms with E-state index in [1.165, 1.54) is 18.4 Å². The van der Waals surface area contributed by atoms with E-state index >= 15 is 0 Å². The maximum Gasteiger partial charge on any atom is 0.128 e. The molecule has 0 radical (unpaired) electrons. The molecule has 1 unspecified atom stereocenters. The molecule has 0 bridgehead atoms. The molecule has 112 valence electrons. The van der Waals surface area contributed by atoms with E-state index in [2.05, 4.69) is 40.8 Å². The number of aliphatic hydroxyl groups excluding tert-OH is 1. The van der Waals surface area contributed by atoms with Gasteiger partial charge in [0.05, 0.1) is 6.10 Å². The summed E-state index contributed by atoms with van der Waals surface area (Å²) in [5, 5.41) is 9.57. The van der Waals surface area contributed by atoms with Gasteiger partial charge in [-0.3, -0.25) is 4.90 Å². The molecule has 0 aliphatic carbocycles. The van der Waals surface area contributed by atoms with Gasteiger partial charge in [-0.05, 0) is 45.2 Å². The van der Waals surface area contributed by atoms with Gasteiger partial charge in [0.15, 0.2) is 0 Å². The number of nitrogens with zero attached hydrogens (tertiary/aromatic N) is 3. The summed E-state index contributed by atoms with van der Waals surface area (Å²) >= 11 is 0. The van der Waals surface area contributed by atoms with Crippen LogP contribution in [-0.4, -0.2) is 46.8 Å². The Balaban J connectivity index is 1.97. The molecule has 0 spiro atoms. The topological polar surface area (TPSA) is 39.6 Å². The Kier molecular flexibility index (Phi) is 5.38. The van der Waals surface area contributed by atoms with Gasteiger partial charge in [-0.1, -0.05) is 6.07 Å².